The third kappa shape index (κ3) is 4.28. The Labute approximate surface area is 203 Å². The molecular formula is C25H18F3N5O3. The van der Waals surface area contributed by atoms with Gasteiger partial charge < -0.3 is 19.1 Å². The van der Waals surface area contributed by atoms with Crippen LogP contribution in [0.5, 0.6) is 11.6 Å². The van der Waals surface area contributed by atoms with E-state index in [1.807, 2.05) is 12.1 Å². The number of hydrogen-bond acceptors (Lipinski definition) is 7. The topological polar surface area (TPSA) is 117 Å². The van der Waals surface area contributed by atoms with Crippen LogP contribution in [0.25, 0.3) is 10.9 Å². The molecule has 182 valence electrons. The zero-order chi connectivity index (χ0) is 26.1. The van der Waals surface area contributed by atoms with E-state index in [4.69, 9.17) is 14.7 Å². The maximum absolute atomic E-state index is 12.9. The third-order valence-corrected chi connectivity index (χ3v) is 5.63. The van der Waals surface area contributed by atoms with Gasteiger partial charge in [-0.3, -0.25) is 0 Å². The molecule has 0 amide bonds. The van der Waals surface area contributed by atoms with Gasteiger partial charge >= 0.3 is 6.18 Å². The van der Waals surface area contributed by atoms with Gasteiger partial charge in [0.15, 0.2) is 18.0 Å². The molecule has 2 aromatic heterocycles. The summed E-state index contributed by atoms with van der Waals surface area (Å²) in [5.41, 5.74) is -0.327. The molecule has 0 spiro atoms. The predicted molar refractivity (Wildman–Crippen MR) is 121 cm³/mol. The van der Waals surface area contributed by atoms with E-state index < -0.39 is 24.1 Å². The minimum absolute atomic E-state index is 0.155. The summed E-state index contributed by atoms with van der Waals surface area (Å²) in [6, 6.07) is 14.7. The van der Waals surface area contributed by atoms with Crippen molar-refractivity contribution in [3.63, 3.8) is 0 Å². The van der Waals surface area contributed by atoms with Crippen molar-refractivity contribution >= 4 is 10.9 Å². The summed E-state index contributed by atoms with van der Waals surface area (Å²) in [5, 5.41) is 31.3. The molecule has 11 heteroatoms. The van der Waals surface area contributed by atoms with Crippen molar-refractivity contribution in [1.82, 2.24) is 14.5 Å². The van der Waals surface area contributed by atoms with Gasteiger partial charge in [0.2, 0.25) is 0 Å². The molecule has 1 N–H and O–H groups in total. The number of hydrogen-bond donors (Lipinski definition) is 1. The number of methoxy groups -OCH3 is 1. The second kappa shape index (κ2) is 9.21. The third-order valence-electron chi connectivity index (χ3n) is 5.63. The summed E-state index contributed by atoms with van der Waals surface area (Å²) < 4.78 is 50.2. The number of aryl methyl sites for hydroxylation is 1. The first-order valence-electron chi connectivity index (χ1n) is 10.4. The van der Waals surface area contributed by atoms with Gasteiger partial charge in [0.1, 0.15) is 11.6 Å². The Kier molecular flexibility index (Phi) is 6.27. The standard InChI is InChI=1S/C25H18F3N5O3/c1-33-14-31-12-21(33)25(34,16-5-3-15(10-29)4-6-16)17-7-8-20-18(9-17)19(11-30)22(23(32-20)35-2)36-13-24(26,27)28/h3-9,12,14,34H,13H2,1-2H3. The van der Waals surface area contributed by atoms with Crippen LogP contribution in [0.3, 0.4) is 0 Å². The van der Waals surface area contributed by atoms with E-state index in [2.05, 4.69) is 9.97 Å². The fraction of sp³-hybridized carbons (Fsp3) is 0.200. The van der Waals surface area contributed by atoms with E-state index in [1.54, 1.807) is 41.9 Å². The lowest BCUT2D eigenvalue weighted by molar-refractivity contribution is -0.153. The zero-order valence-electron chi connectivity index (χ0n) is 19.0. The lowest BCUT2D eigenvalue weighted by Gasteiger charge is -2.30. The largest absolute Gasteiger partial charge is 0.478 e. The highest BCUT2D eigenvalue weighted by atomic mass is 19.4. The molecule has 8 nitrogen and oxygen atoms in total. The van der Waals surface area contributed by atoms with Crippen LogP contribution in [0.4, 0.5) is 13.2 Å². The minimum atomic E-state index is -4.65. The van der Waals surface area contributed by atoms with Crippen LogP contribution >= 0.6 is 0 Å². The van der Waals surface area contributed by atoms with Crippen LogP contribution in [-0.2, 0) is 12.6 Å². The van der Waals surface area contributed by atoms with Gasteiger partial charge in [-0.05, 0) is 35.4 Å². The molecule has 0 saturated carbocycles. The minimum Gasteiger partial charge on any atom is -0.478 e. The summed E-state index contributed by atoms with van der Waals surface area (Å²) in [6.45, 7) is -1.64. The van der Waals surface area contributed by atoms with E-state index in [0.717, 1.165) is 0 Å². The van der Waals surface area contributed by atoms with Gasteiger partial charge in [0.25, 0.3) is 5.88 Å². The molecular weight excluding hydrogens is 475 g/mol. The molecule has 2 heterocycles. The van der Waals surface area contributed by atoms with Crippen molar-refractivity contribution in [3.05, 3.63) is 82.9 Å². The summed E-state index contributed by atoms with van der Waals surface area (Å²) >= 11 is 0. The van der Waals surface area contributed by atoms with Crippen molar-refractivity contribution < 1.29 is 27.8 Å². The average Bonchev–Trinajstić information content (AvgIpc) is 3.31. The molecule has 0 aliphatic rings. The summed E-state index contributed by atoms with van der Waals surface area (Å²) in [4.78, 5) is 8.30. The van der Waals surface area contributed by atoms with E-state index in [1.165, 1.54) is 31.8 Å². The molecule has 0 fully saturated rings. The number of nitrogens with zero attached hydrogens (tertiary/aromatic N) is 5. The second-order valence-corrected chi connectivity index (χ2v) is 7.86. The van der Waals surface area contributed by atoms with Crippen LogP contribution in [-0.4, -0.2) is 39.5 Å². The Bertz CT molecular complexity index is 1520. The Hall–Kier alpha value is -4.61. The molecule has 4 aromatic rings. The molecule has 36 heavy (non-hydrogen) atoms. The summed E-state index contributed by atoms with van der Waals surface area (Å²) in [6.07, 6.45) is -1.68. The van der Waals surface area contributed by atoms with Crippen molar-refractivity contribution in [2.45, 2.75) is 11.8 Å². The molecule has 0 saturated heterocycles. The molecule has 1 atom stereocenters. The van der Waals surface area contributed by atoms with Gasteiger partial charge in [-0.15, -0.1) is 0 Å². The number of halogens is 3. The van der Waals surface area contributed by atoms with E-state index in [0.29, 0.717) is 16.8 Å². The highest BCUT2D eigenvalue weighted by Gasteiger charge is 2.37. The quantitative estimate of drug-likeness (QED) is 0.432. The van der Waals surface area contributed by atoms with E-state index >= 15 is 0 Å². The van der Waals surface area contributed by atoms with Crippen molar-refractivity contribution in [2.75, 3.05) is 13.7 Å². The smallest absolute Gasteiger partial charge is 0.422 e. The SMILES string of the molecule is COc1nc2ccc(C(O)(c3ccc(C#N)cc3)c3cncn3C)cc2c(C#N)c1OCC(F)(F)F. The molecule has 0 aliphatic carbocycles. The molecule has 4 rings (SSSR count). The van der Waals surface area contributed by atoms with Crippen molar-refractivity contribution in [3.8, 4) is 23.8 Å². The summed E-state index contributed by atoms with van der Waals surface area (Å²) in [5.74, 6) is -0.727. The second-order valence-electron chi connectivity index (χ2n) is 7.86. The number of imidazole rings is 1. The molecule has 0 radical (unpaired) electrons. The molecule has 0 aliphatic heterocycles. The number of aromatic nitrogens is 3. The Morgan fingerprint density at radius 1 is 1.06 bits per heavy atom. The Morgan fingerprint density at radius 3 is 2.31 bits per heavy atom. The molecule has 2 aromatic carbocycles. The number of nitriles is 2. The highest BCUT2D eigenvalue weighted by molar-refractivity contribution is 5.89. The summed E-state index contributed by atoms with van der Waals surface area (Å²) in [7, 11) is 2.89. The maximum Gasteiger partial charge on any atom is 0.422 e. The number of alkyl halides is 3. The van der Waals surface area contributed by atoms with Crippen LogP contribution in [0.2, 0.25) is 0 Å². The van der Waals surface area contributed by atoms with Crippen molar-refractivity contribution in [2.24, 2.45) is 7.05 Å². The van der Waals surface area contributed by atoms with Gasteiger partial charge in [0, 0.05) is 12.4 Å². The number of ether oxygens (including phenoxy) is 2. The maximum atomic E-state index is 12.9. The number of fused-ring (bicyclic) bond motifs is 1. The van der Waals surface area contributed by atoms with Crippen LogP contribution in [0, 0.1) is 22.7 Å². The van der Waals surface area contributed by atoms with Crippen molar-refractivity contribution in [1.29, 1.82) is 10.5 Å². The zero-order valence-corrected chi connectivity index (χ0v) is 19.0. The fourth-order valence-corrected chi connectivity index (χ4v) is 3.94. The number of pyridine rings is 1. The van der Waals surface area contributed by atoms with Crippen LogP contribution in [0.1, 0.15) is 27.9 Å². The fourth-order valence-electron chi connectivity index (χ4n) is 3.94. The predicted octanol–water partition coefficient (Wildman–Crippen LogP) is 3.95. The van der Waals surface area contributed by atoms with E-state index in [9.17, 15) is 23.5 Å². The lowest BCUT2D eigenvalue weighted by atomic mass is 9.82. The first kappa shape index (κ1) is 24.5. The van der Waals surface area contributed by atoms with Gasteiger partial charge in [-0.2, -0.15) is 23.7 Å². The van der Waals surface area contributed by atoms with Crippen LogP contribution < -0.4 is 9.47 Å². The van der Waals surface area contributed by atoms with Gasteiger partial charge in [0.05, 0.1) is 42.5 Å². The number of benzene rings is 2. The number of rotatable bonds is 6. The van der Waals surface area contributed by atoms with Crippen LogP contribution in [0.15, 0.2) is 55.0 Å². The molecule has 1 unspecified atom stereocenters. The monoisotopic (exact) mass is 493 g/mol. The first-order valence-corrected chi connectivity index (χ1v) is 10.4. The normalized spacial score (nSPS) is 13.0. The Morgan fingerprint density at radius 2 is 1.75 bits per heavy atom. The van der Waals surface area contributed by atoms with Gasteiger partial charge in [-0.25, -0.2) is 9.97 Å². The average molecular weight is 493 g/mol. The Balaban J connectivity index is 1.98. The lowest BCUT2D eigenvalue weighted by Crippen LogP contribution is -2.31. The highest BCUT2D eigenvalue weighted by Crippen LogP contribution is 2.41. The first-order chi connectivity index (χ1) is 17.1. The van der Waals surface area contributed by atoms with E-state index in [-0.39, 0.29) is 27.9 Å². The number of aliphatic hydroxyl groups is 1. The van der Waals surface area contributed by atoms with Gasteiger partial charge in [-0.1, -0.05) is 18.2 Å². The molecule has 0 bridgehead atoms.